The number of ether oxygens (including phenoxy) is 1. The second-order valence-electron chi connectivity index (χ2n) is 6.00. The third-order valence-electron chi connectivity index (χ3n) is 3.84. The average Bonchev–Trinajstić information content (AvgIpc) is 2.95. The minimum atomic E-state index is 0.435. The van der Waals surface area contributed by atoms with Gasteiger partial charge in [-0.05, 0) is 44.5 Å². The summed E-state index contributed by atoms with van der Waals surface area (Å²) < 4.78 is 5.96. The lowest BCUT2D eigenvalue weighted by atomic mass is 10.2. The second kappa shape index (κ2) is 8.62. The fraction of sp³-hybridized carbons (Fsp3) is 0.647. The standard InChI is InChI=1S/C17H27ClN2O/c1-14(2)19-13-15-16(18)7-5-8-17(15)21-12-6-11-20-9-3-4-10-20/h5,7-8,14,19H,3-4,6,9-13H2,1-2H3. The van der Waals surface area contributed by atoms with Crippen molar-refractivity contribution in [2.75, 3.05) is 26.2 Å². The third kappa shape index (κ3) is 5.50. The van der Waals surface area contributed by atoms with Crippen LogP contribution in [0.15, 0.2) is 18.2 Å². The normalized spacial score (nSPS) is 15.8. The molecule has 0 atom stereocenters. The van der Waals surface area contributed by atoms with E-state index >= 15 is 0 Å². The van der Waals surface area contributed by atoms with E-state index in [4.69, 9.17) is 16.3 Å². The van der Waals surface area contributed by atoms with E-state index in [2.05, 4.69) is 24.1 Å². The fourth-order valence-electron chi connectivity index (χ4n) is 2.63. The molecule has 0 saturated carbocycles. The summed E-state index contributed by atoms with van der Waals surface area (Å²) >= 11 is 6.30. The van der Waals surface area contributed by atoms with Crippen molar-refractivity contribution >= 4 is 11.6 Å². The number of hydrogen-bond donors (Lipinski definition) is 1. The van der Waals surface area contributed by atoms with Crippen molar-refractivity contribution < 1.29 is 4.74 Å². The van der Waals surface area contributed by atoms with E-state index < -0.39 is 0 Å². The molecule has 0 aromatic heterocycles. The van der Waals surface area contributed by atoms with Gasteiger partial charge >= 0.3 is 0 Å². The van der Waals surface area contributed by atoms with Crippen molar-refractivity contribution in [2.24, 2.45) is 0 Å². The summed E-state index contributed by atoms with van der Waals surface area (Å²) in [6, 6.07) is 6.33. The summed E-state index contributed by atoms with van der Waals surface area (Å²) in [5.41, 5.74) is 1.06. The van der Waals surface area contributed by atoms with Crippen LogP contribution < -0.4 is 10.1 Å². The van der Waals surface area contributed by atoms with Gasteiger partial charge < -0.3 is 15.0 Å². The van der Waals surface area contributed by atoms with E-state index in [0.717, 1.165) is 42.5 Å². The van der Waals surface area contributed by atoms with Gasteiger partial charge in [0.2, 0.25) is 0 Å². The van der Waals surface area contributed by atoms with Crippen LogP contribution in [0.25, 0.3) is 0 Å². The van der Waals surface area contributed by atoms with Gasteiger partial charge in [-0.2, -0.15) is 0 Å². The van der Waals surface area contributed by atoms with Crippen LogP contribution in [0.2, 0.25) is 5.02 Å². The number of halogens is 1. The first-order chi connectivity index (χ1) is 10.2. The van der Waals surface area contributed by atoms with Crippen LogP contribution in [-0.4, -0.2) is 37.2 Å². The maximum absolute atomic E-state index is 6.30. The van der Waals surface area contributed by atoms with Gasteiger partial charge in [0.25, 0.3) is 0 Å². The molecular formula is C17H27ClN2O. The molecule has 0 bridgehead atoms. The highest BCUT2D eigenvalue weighted by molar-refractivity contribution is 6.31. The van der Waals surface area contributed by atoms with E-state index in [-0.39, 0.29) is 0 Å². The topological polar surface area (TPSA) is 24.5 Å². The van der Waals surface area contributed by atoms with Gasteiger partial charge in [0.05, 0.1) is 6.61 Å². The van der Waals surface area contributed by atoms with Crippen molar-refractivity contribution in [3.63, 3.8) is 0 Å². The third-order valence-corrected chi connectivity index (χ3v) is 4.19. The number of nitrogens with zero attached hydrogens (tertiary/aromatic N) is 1. The predicted molar refractivity (Wildman–Crippen MR) is 89.2 cm³/mol. The van der Waals surface area contributed by atoms with Crippen LogP contribution in [0, 0.1) is 0 Å². The molecular weight excluding hydrogens is 284 g/mol. The lowest BCUT2D eigenvalue weighted by Crippen LogP contribution is -2.23. The first-order valence-electron chi connectivity index (χ1n) is 8.02. The smallest absolute Gasteiger partial charge is 0.125 e. The van der Waals surface area contributed by atoms with Crippen LogP contribution in [0.3, 0.4) is 0 Å². The molecule has 3 nitrogen and oxygen atoms in total. The molecule has 1 aliphatic rings. The van der Waals surface area contributed by atoms with E-state index in [0.29, 0.717) is 6.04 Å². The Morgan fingerprint density at radius 3 is 2.76 bits per heavy atom. The van der Waals surface area contributed by atoms with Crippen LogP contribution in [0.4, 0.5) is 0 Å². The SMILES string of the molecule is CC(C)NCc1c(Cl)cccc1OCCCN1CCCC1. The quantitative estimate of drug-likeness (QED) is 0.741. The van der Waals surface area contributed by atoms with Crippen LogP contribution in [0.5, 0.6) is 5.75 Å². The average molecular weight is 311 g/mol. The molecule has 0 radical (unpaired) electrons. The van der Waals surface area contributed by atoms with Crippen molar-refractivity contribution in [3.8, 4) is 5.75 Å². The largest absolute Gasteiger partial charge is 0.493 e. The monoisotopic (exact) mass is 310 g/mol. The summed E-state index contributed by atoms with van der Waals surface area (Å²) in [6.07, 6.45) is 3.77. The van der Waals surface area contributed by atoms with E-state index in [1.165, 1.54) is 25.9 Å². The Morgan fingerprint density at radius 1 is 1.29 bits per heavy atom. The van der Waals surface area contributed by atoms with Gasteiger partial charge in [-0.1, -0.05) is 31.5 Å². The molecule has 0 unspecified atom stereocenters. The first-order valence-corrected chi connectivity index (χ1v) is 8.40. The van der Waals surface area contributed by atoms with Gasteiger partial charge in [0, 0.05) is 29.7 Å². The molecule has 4 heteroatoms. The summed E-state index contributed by atoms with van der Waals surface area (Å²) in [5.74, 6) is 0.914. The van der Waals surface area contributed by atoms with Crippen molar-refractivity contribution in [1.29, 1.82) is 0 Å². The molecule has 0 aliphatic carbocycles. The predicted octanol–water partition coefficient (Wildman–Crippen LogP) is 3.70. The molecule has 1 heterocycles. The Bertz CT molecular complexity index is 431. The highest BCUT2D eigenvalue weighted by Gasteiger charge is 2.11. The molecule has 0 spiro atoms. The Morgan fingerprint density at radius 2 is 2.05 bits per heavy atom. The first kappa shape index (κ1) is 16.6. The fourth-order valence-corrected chi connectivity index (χ4v) is 2.86. The van der Waals surface area contributed by atoms with Gasteiger partial charge in [-0.25, -0.2) is 0 Å². The zero-order chi connectivity index (χ0) is 15.1. The summed E-state index contributed by atoms with van der Waals surface area (Å²) in [4.78, 5) is 2.52. The highest BCUT2D eigenvalue weighted by atomic mass is 35.5. The molecule has 21 heavy (non-hydrogen) atoms. The van der Waals surface area contributed by atoms with E-state index in [1.807, 2.05) is 18.2 Å². The Kier molecular flexibility index (Phi) is 6.81. The molecule has 2 rings (SSSR count). The maximum Gasteiger partial charge on any atom is 0.125 e. The summed E-state index contributed by atoms with van der Waals surface area (Å²) in [5, 5.41) is 4.18. The van der Waals surface area contributed by atoms with Crippen LogP contribution >= 0.6 is 11.6 Å². The van der Waals surface area contributed by atoms with E-state index in [1.54, 1.807) is 0 Å². The molecule has 0 amide bonds. The molecule has 1 aromatic rings. The number of hydrogen-bond acceptors (Lipinski definition) is 3. The lowest BCUT2D eigenvalue weighted by molar-refractivity contribution is 0.261. The Hall–Kier alpha value is -0.770. The zero-order valence-electron chi connectivity index (χ0n) is 13.2. The number of rotatable bonds is 8. The highest BCUT2D eigenvalue weighted by Crippen LogP contribution is 2.26. The van der Waals surface area contributed by atoms with Crippen LogP contribution in [0.1, 0.15) is 38.7 Å². The molecule has 1 saturated heterocycles. The minimum Gasteiger partial charge on any atom is -0.493 e. The van der Waals surface area contributed by atoms with Crippen molar-refractivity contribution in [3.05, 3.63) is 28.8 Å². The zero-order valence-corrected chi connectivity index (χ0v) is 14.0. The molecule has 1 aliphatic heterocycles. The Balaban J connectivity index is 1.82. The van der Waals surface area contributed by atoms with Gasteiger partial charge in [0.15, 0.2) is 0 Å². The minimum absolute atomic E-state index is 0.435. The number of likely N-dealkylation sites (tertiary alicyclic amines) is 1. The van der Waals surface area contributed by atoms with E-state index in [9.17, 15) is 0 Å². The maximum atomic E-state index is 6.30. The summed E-state index contributed by atoms with van der Waals surface area (Å²) in [7, 11) is 0. The number of benzene rings is 1. The lowest BCUT2D eigenvalue weighted by Gasteiger charge is -2.17. The van der Waals surface area contributed by atoms with Gasteiger partial charge in [-0.3, -0.25) is 0 Å². The number of nitrogens with one attached hydrogen (secondary N) is 1. The molecule has 1 N–H and O–H groups in total. The summed E-state index contributed by atoms with van der Waals surface area (Å²) in [6.45, 7) is 9.41. The van der Waals surface area contributed by atoms with Crippen LogP contribution in [-0.2, 0) is 6.54 Å². The second-order valence-corrected chi connectivity index (χ2v) is 6.41. The Labute approximate surface area is 133 Å². The van der Waals surface area contributed by atoms with Crippen molar-refractivity contribution in [2.45, 2.75) is 45.7 Å². The molecule has 118 valence electrons. The molecule has 1 aromatic carbocycles. The van der Waals surface area contributed by atoms with Gasteiger partial charge in [-0.15, -0.1) is 0 Å². The molecule has 1 fully saturated rings. The van der Waals surface area contributed by atoms with Gasteiger partial charge in [0.1, 0.15) is 5.75 Å². The van der Waals surface area contributed by atoms with Crippen molar-refractivity contribution in [1.82, 2.24) is 10.2 Å².